The molecule has 1 saturated carbocycles. The van der Waals surface area contributed by atoms with E-state index in [9.17, 15) is 4.79 Å². The Labute approximate surface area is 126 Å². The van der Waals surface area contributed by atoms with Crippen LogP contribution in [0.15, 0.2) is 12.4 Å². The van der Waals surface area contributed by atoms with Crippen molar-refractivity contribution in [3.05, 3.63) is 18.2 Å². The zero-order chi connectivity index (χ0) is 15.3. The van der Waals surface area contributed by atoms with E-state index < -0.39 is 5.60 Å². The number of aromatic nitrogens is 2. The van der Waals surface area contributed by atoms with Crippen LogP contribution in [0.5, 0.6) is 0 Å². The lowest BCUT2D eigenvalue weighted by Gasteiger charge is -2.23. The van der Waals surface area contributed by atoms with Crippen molar-refractivity contribution in [2.75, 3.05) is 6.54 Å². The zero-order valence-corrected chi connectivity index (χ0v) is 13.1. The summed E-state index contributed by atoms with van der Waals surface area (Å²) in [5, 5.41) is 6.40. The molecule has 6 nitrogen and oxygen atoms in total. The van der Waals surface area contributed by atoms with E-state index in [1.54, 1.807) is 6.20 Å². The third kappa shape index (κ3) is 5.38. The van der Waals surface area contributed by atoms with Crippen LogP contribution in [0.4, 0.5) is 4.79 Å². The third-order valence-corrected chi connectivity index (χ3v) is 3.65. The Bertz CT molecular complexity index is 439. The maximum Gasteiger partial charge on any atom is 0.407 e. The average molecular weight is 294 g/mol. The van der Waals surface area contributed by atoms with Gasteiger partial charge in [0.25, 0.3) is 0 Å². The molecule has 1 amide bonds. The minimum Gasteiger partial charge on any atom is -0.444 e. The van der Waals surface area contributed by atoms with E-state index in [0.717, 1.165) is 25.2 Å². The Balaban J connectivity index is 1.73. The molecule has 2 atom stereocenters. The smallest absolute Gasteiger partial charge is 0.407 e. The summed E-state index contributed by atoms with van der Waals surface area (Å²) in [6.45, 7) is 7.01. The summed E-state index contributed by atoms with van der Waals surface area (Å²) in [6, 6.07) is 0.421. The van der Waals surface area contributed by atoms with E-state index in [1.165, 1.54) is 6.42 Å². The summed E-state index contributed by atoms with van der Waals surface area (Å²) in [5.41, 5.74) is -0.448. The quantitative estimate of drug-likeness (QED) is 0.778. The lowest BCUT2D eigenvalue weighted by atomic mass is 10.0. The molecule has 0 saturated heterocycles. The largest absolute Gasteiger partial charge is 0.444 e. The highest BCUT2D eigenvalue weighted by atomic mass is 16.6. The van der Waals surface area contributed by atoms with E-state index in [-0.39, 0.29) is 6.09 Å². The maximum absolute atomic E-state index is 11.7. The zero-order valence-electron chi connectivity index (χ0n) is 13.1. The highest BCUT2D eigenvalue weighted by Gasteiger charge is 2.27. The molecular formula is C15H26N4O2. The number of carbonyl (C=O) groups excluding carboxylic acids is 1. The van der Waals surface area contributed by atoms with Crippen molar-refractivity contribution in [3.63, 3.8) is 0 Å². The second kappa shape index (κ2) is 6.93. The molecule has 0 aliphatic heterocycles. The average Bonchev–Trinajstić information content (AvgIpc) is 3.03. The van der Waals surface area contributed by atoms with Crippen molar-refractivity contribution in [1.82, 2.24) is 20.6 Å². The highest BCUT2D eigenvalue weighted by molar-refractivity contribution is 5.67. The molecule has 0 aromatic carbocycles. The SMILES string of the molecule is CC(C)(C)OC(=O)NCC1CCCC1NCc1ncc[nH]1. The Hall–Kier alpha value is -1.56. The van der Waals surface area contributed by atoms with Crippen LogP contribution < -0.4 is 10.6 Å². The van der Waals surface area contributed by atoms with Gasteiger partial charge >= 0.3 is 6.09 Å². The number of alkyl carbamates (subject to hydrolysis) is 1. The fourth-order valence-corrected chi connectivity index (χ4v) is 2.70. The lowest BCUT2D eigenvalue weighted by molar-refractivity contribution is 0.0517. The first kappa shape index (κ1) is 15.8. The van der Waals surface area contributed by atoms with E-state index in [1.807, 2.05) is 27.0 Å². The number of hydrogen-bond acceptors (Lipinski definition) is 4. The molecule has 0 radical (unpaired) electrons. The van der Waals surface area contributed by atoms with Crippen LogP contribution in [0.2, 0.25) is 0 Å². The van der Waals surface area contributed by atoms with Crippen LogP contribution in [-0.4, -0.2) is 34.2 Å². The number of rotatable bonds is 5. The Morgan fingerprint density at radius 2 is 2.29 bits per heavy atom. The van der Waals surface area contributed by atoms with Gasteiger partial charge in [0.15, 0.2) is 0 Å². The van der Waals surface area contributed by atoms with Gasteiger partial charge in [0.1, 0.15) is 11.4 Å². The standard InChI is InChI=1S/C15H26N4O2/c1-15(2,3)21-14(20)19-9-11-5-4-6-12(11)18-10-13-16-7-8-17-13/h7-8,11-12,18H,4-6,9-10H2,1-3H3,(H,16,17)(H,19,20). The number of amides is 1. The van der Waals surface area contributed by atoms with Gasteiger partial charge in [-0.15, -0.1) is 0 Å². The normalized spacial score (nSPS) is 22.2. The molecule has 0 bridgehead atoms. The number of H-pyrrole nitrogens is 1. The van der Waals surface area contributed by atoms with Gasteiger partial charge in [-0.25, -0.2) is 9.78 Å². The van der Waals surface area contributed by atoms with Crippen LogP contribution in [0.25, 0.3) is 0 Å². The van der Waals surface area contributed by atoms with E-state index >= 15 is 0 Å². The Morgan fingerprint density at radius 1 is 1.48 bits per heavy atom. The predicted octanol–water partition coefficient (Wildman–Crippen LogP) is 2.19. The molecule has 0 spiro atoms. The fraction of sp³-hybridized carbons (Fsp3) is 0.733. The number of carbonyl (C=O) groups is 1. The molecule has 21 heavy (non-hydrogen) atoms. The minimum atomic E-state index is -0.448. The van der Waals surface area contributed by atoms with Gasteiger partial charge in [0, 0.05) is 25.0 Å². The van der Waals surface area contributed by atoms with E-state index in [2.05, 4.69) is 20.6 Å². The molecule has 118 valence electrons. The summed E-state index contributed by atoms with van der Waals surface area (Å²) in [7, 11) is 0. The molecule has 2 unspecified atom stereocenters. The Kier molecular flexibility index (Phi) is 5.22. The second-order valence-electron chi connectivity index (χ2n) is 6.60. The summed E-state index contributed by atoms with van der Waals surface area (Å²) < 4.78 is 5.27. The molecule has 1 heterocycles. The Morgan fingerprint density at radius 3 is 2.95 bits per heavy atom. The van der Waals surface area contributed by atoms with Gasteiger partial charge in [0.05, 0.1) is 6.54 Å². The number of nitrogens with one attached hydrogen (secondary N) is 3. The molecule has 2 rings (SSSR count). The summed E-state index contributed by atoms with van der Waals surface area (Å²) in [6.07, 6.45) is 6.71. The topological polar surface area (TPSA) is 79.0 Å². The van der Waals surface area contributed by atoms with Crippen molar-refractivity contribution in [2.24, 2.45) is 5.92 Å². The van der Waals surface area contributed by atoms with E-state index in [4.69, 9.17) is 4.74 Å². The van der Waals surface area contributed by atoms with Crippen molar-refractivity contribution in [3.8, 4) is 0 Å². The number of aromatic amines is 1. The van der Waals surface area contributed by atoms with Gasteiger partial charge < -0.3 is 20.4 Å². The van der Waals surface area contributed by atoms with Gasteiger partial charge in [0.2, 0.25) is 0 Å². The third-order valence-electron chi connectivity index (χ3n) is 3.65. The van der Waals surface area contributed by atoms with E-state index in [0.29, 0.717) is 18.5 Å². The van der Waals surface area contributed by atoms with Gasteiger partial charge in [-0.3, -0.25) is 0 Å². The molecule has 3 N–H and O–H groups in total. The van der Waals surface area contributed by atoms with Crippen LogP contribution in [-0.2, 0) is 11.3 Å². The van der Waals surface area contributed by atoms with Crippen LogP contribution in [0.3, 0.4) is 0 Å². The number of ether oxygens (including phenoxy) is 1. The summed E-state index contributed by atoms with van der Waals surface area (Å²) in [5.74, 6) is 1.40. The number of nitrogens with zero attached hydrogens (tertiary/aromatic N) is 1. The predicted molar refractivity (Wildman–Crippen MR) is 80.8 cm³/mol. The molecule has 1 aliphatic carbocycles. The summed E-state index contributed by atoms with van der Waals surface area (Å²) in [4.78, 5) is 19.0. The van der Waals surface area contributed by atoms with Crippen LogP contribution in [0.1, 0.15) is 45.9 Å². The van der Waals surface area contributed by atoms with Gasteiger partial charge in [-0.1, -0.05) is 6.42 Å². The van der Waals surface area contributed by atoms with Crippen molar-refractivity contribution in [2.45, 2.75) is 58.2 Å². The molecule has 1 aromatic rings. The van der Waals surface area contributed by atoms with Crippen molar-refractivity contribution < 1.29 is 9.53 Å². The second-order valence-corrected chi connectivity index (χ2v) is 6.60. The molecule has 6 heteroatoms. The van der Waals surface area contributed by atoms with Crippen molar-refractivity contribution >= 4 is 6.09 Å². The number of hydrogen-bond donors (Lipinski definition) is 3. The molecule has 1 aromatic heterocycles. The molecular weight excluding hydrogens is 268 g/mol. The minimum absolute atomic E-state index is 0.334. The van der Waals surface area contributed by atoms with Gasteiger partial charge in [-0.05, 0) is 39.5 Å². The summed E-state index contributed by atoms with van der Waals surface area (Å²) >= 11 is 0. The number of imidazole rings is 1. The van der Waals surface area contributed by atoms with Gasteiger partial charge in [-0.2, -0.15) is 0 Å². The fourth-order valence-electron chi connectivity index (χ4n) is 2.70. The first-order valence-electron chi connectivity index (χ1n) is 7.62. The lowest BCUT2D eigenvalue weighted by Crippen LogP contribution is -2.40. The first-order valence-corrected chi connectivity index (χ1v) is 7.62. The first-order chi connectivity index (χ1) is 9.94. The van der Waals surface area contributed by atoms with Crippen molar-refractivity contribution in [1.29, 1.82) is 0 Å². The van der Waals surface area contributed by atoms with Crippen LogP contribution in [0, 0.1) is 5.92 Å². The highest BCUT2D eigenvalue weighted by Crippen LogP contribution is 2.25. The molecule has 1 fully saturated rings. The van der Waals surface area contributed by atoms with Crippen LogP contribution >= 0.6 is 0 Å². The molecule has 1 aliphatic rings. The monoisotopic (exact) mass is 294 g/mol. The maximum atomic E-state index is 11.7.